The average molecular weight is 138 g/mol. The van der Waals surface area contributed by atoms with Gasteiger partial charge >= 0.3 is 0 Å². The quantitative estimate of drug-likeness (QED) is 0.394. The highest BCUT2D eigenvalue weighted by Gasteiger charge is 2.09. The lowest BCUT2D eigenvalue weighted by molar-refractivity contribution is 0.411. The largest absolute Gasteiger partial charge is 0.421 e. The topological polar surface area (TPSA) is 9.23 Å². The van der Waals surface area contributed by atoms with Gasteiger partial charge in [0.25, 0.3) is 0 Å². The summed E-state index contributed by atoms with van der Waals surface area (Å²) in [6.45, 7) is 6.48. The van der Waals surface area contributed by atoms with Crippen molar-refractivity contribution in [1.82, 2.24) is 0 Å². The normalized spacial score (nSPS) is 10.3. The molecule has 3 heteroatoms. The molecule has 0 aliphatic rings. The molecule has 0 saturated heterocycles. The van der Waals surface area contributed by atoms with Crippen LogP contribution in [0.3, 0.4) is 0 Å². The van der Waals surface area contributed by atoms with Crippen LogP contribution in [-0.4, -0.2) is 15.4 Å². The summed E-state index contributed by atoms with van der Waals surface area (Å²) in [5.74, 6) is 0. The molecule has 0 bridgehead atoms. The molecular weight excluding hydrogens is 123 g/mol. The van der Waals surface area contributed by atoms with Crippen molar-refractivity contribution >= 4 is 18.2 Å². The maximum absolute atomic E-state index is 5.08. The highest BCUT2D eigenvalue weighted by molar-refractivity contribution is 6.92. The van der Waals surface area contributed by atoms with E-state index in [1.807, 2.05) is 0 Å². The predicted octanol–water partition coefficient (Wildman–Crippen LogP) is 1.53. The molecule has 0 heterocycles. The molecular formula is C4H15OPSi. The summed E-state index contributed by atoms with van der Waals surface area (Å²) in [5.41, 5.74) is 0. The summed E-state index contributed by atoms with van der Waals surface area (Å²) in [4.78, 5) is 0. The molecule has 0 saturated carbocycles. The molecule has 0 aromatic heterocycles. The Bertz CT molecular complexity index is 41.4. The molecule has 46 valence electrons. The van der Waals surface area contributed by atoms with Crippen LogP contribution in [0.25, 0.3) is 0 Å². The van der Waals surface area contributed by atoms with E-state index in [4.69, 9.17) is 4.43 Å². The Morgan fingerprint density at radius 3 is 1.29 bits per heavy atom. The summed E-state index contributed by atoms with van der Waals surface area (Å²) in [6.07, 6.45) is 0. The Morgan fingerprint density at radius 1 is 1.14 bits per heavy atom. The Hall–Kier alpha value is 0.607. The molecule has 0 rings (SSSR count). The Balaban J connectivity index is 0. The van der Waals surface area contributed by atoms with Gasteiger partial charge in [0.1, 0.15) is 0 Å². The minimum Gasteiger partial charge on any atom is -0.421 e. The molecule has 0 amide bonds. The lowest BCUT2D eigenvalue weighted by atomic mass is 11.8. The molecule has 0 N–H and O–H groups in total. The van der Waals surface area contributed by atoms with Crippen LogP contribution in [0.15, 0.2) is 0 Å². The van der Waals surface area contributed by atoms with Gasteiger partial charge in [-0.05, 0) is 19.6 Å². The van der Waals surface area contributed by atoms with E-state index in [-0.39, 0.29) is 9.90 Å². The van der Waals surface area contributed by atoms with Crippen LogP contribution in [0, 0.1) is 0 Å². The second-order valence-electron chi connectivity index (χ2n) is 2.32. The van der Waals surface area contributed by atoms with Crippen LogP contribution >= 0.6 is 9.90 Å². The molecule has 1 atom stereocenters. The molecule has 0 aliphatic heterocycles. The maximum Gasteiger partial charge on any atom is 0.183 e. The van der Waals surface area contributed by atoms with Crippen LogP contribution < -0.4 is 0 Å². The number of hydrogen-bond donors (Lipinski definition) is 0. The van der Waals surface area contributed by atoms with Gasteiger partial charge in [0.2, 0.25) is 0 Å². The Kier molecular flexibility index (Phi) is 5.42. The molecule has 7 heavy (non-hydrogen) atoms. The summed E-state index contributed by atoms with van der Waals surface area (Å²) in [7, 11) is 0.639. The van der Waals surface area contributed by atoms with Crippen molar-refractivity contribution in [3.63, 3.8) is 0 Å². The molecule has 1 nitrogen and oxygen atoms in total. The van der Waals surface area contributed by atoms with E-state index in [0.717, 1.165) is 0 Å². The van der Waals surface area contributed by atoms with Crippen molar-refractivity contribution in [3.05, 3.63) is 0 Å². The summed E-state index contributed by atoms with van der Waals surface area (Å²) < 4.78 is 5.08. The molecule has 0 aromatic carbocycles. The molecule has 0 radical (unpaired) electrons. The molecule has 1 unspecified atom stereocenters. The van der Waals surface area contributed by atoms with E-state index in [1.165, 1.54) is 0 Å². The van der Waals surface area contributed by atoms with E-state index >= 15 is 0 Å². The zero-order valence-corrected chi connectivity index (χ0v) is 8.03. The molecule has 0 aromatic rings. The highest BCUT2D eigenvalue weighted by Crippen LogP contribution is 1.97. The summed E-state index contributed by atoms with van der Waals surface area (Å²) in [5, 5.41) is 0. The van der Waals surface area contributed by atoms with Gasteiger partial charge in [0, 0.05) is 7.11 Å². The van der Waals surface area contributed by atoms with Crippen LogP contribution in [0.1, 0.15) is 0 Å². The second-order valence-corrected chi connectivity index (χ2v) is 6.95. The fourth-order valence-electron chi connectivity index (χ4n) is 0. The van der Waals surface area contributed by atoms with Crippen molar-refractivity contribution < 1.29 is 4.43 Å². The van der Waals surface area contributed by atoms with Crippen molar-refractivity contribution in [3.8, 4) is 0 Å². The first kappa shape index (κ1) is 10.6. The lowest BCUT2D eigenvalue weighted by Gasteiger charge is -2.10. The van der Waals surface area contributed by atoms with Crippen LogP contribution in [0.4, 0.5) is 0 Å². The SMILES string of the molecule is CO[Si](C)(C)C.P. The maximum atomic E-state index is 5.08. The van der Waals surface area contributed by atoms with Gasteiger partial charge in [-0.1, -0.05) is 0 Å². The van der Waals surface area contributed by atoms with Crippen LogP contribution in [-0.2, 0) is 4.43 Å². The van der Waals surface area contributed by atoms with E-state index in [2.05, 4.69) is 19.6 Å². The van der Waals surface area contributed by atoms with Gasteiger partial charge in [-0.3, -0.25) is 0 Å². The summed E-state index contributed by atoms with van der Waals surface area (Å²) >= 11 is 0. The average Bonchev–Trinajstić information content (AvgIpc) is 1.35. The van der Waals surface area contributed by atoms with Gasteiger partial charge in [-0.15, -0.1) is 0 Å². The van der Waals surface area contributed by atoms with E-state index in [9.17, 15) is 0 Å². The van der Waals surface area contributed by atoms with Gasteiger partial charge in [-0.2, -0.15) is 9.90 Å². The zero-order valence-electron chi connectivity index (χ0n) is 5.62. The zero-order chi connectivity index (χ0) is 5.21. The third-order valence-corrected chi connectivity index (χ3v) is 1.84. The van der Waals surface area contributed by atoms with E-state index in [1.54, 1.807) is 7.11 Å². The van der Waals surface area contributed by atoms with Gasteiger partial charge in [-0.25, -0.2) is 0 Å². The summed E-state index contributed by atoms with van der Waals surface area (Å²) in [6, 6.07) is 0. The standard InChI is InChI=1S/C4H12OSi.H3P/c1-5-6(2,3)4;/h1-4H3;1H3. The first-order valence-electron chi connectivity index (χ1n) is 2.11. The molecule has 0 aliphatic carbocycles. The Morgan fingerprint density at radius 2 is 1.29 bits per heavy atom. The minimum absolute atomic E-state index is 0. The molecule has 0 spiro atoms. The van der Waals surface area contributed by atoms with Crippen molar-refractivity contribution in [2.24, 2.45) is 0 Å². The highest BCUT2D eigenvalue weighted by atomic mass is 31.0. The van der Waals surface area contributed by atoms with Crippen molar-refractivity contribution in [2.75, 3.05) is 7.11 Å². The van der Waals surface area contributed by atoms with Crippen LogP contribution in [0.5, 0.6) is 0 Å². The monoisotopic (exact) mass is 138 g/mol. The fraction of sp³-hybridized carbons (Fsp3) is 1.00. The van der Waals surface area contributed by atoms with Gasteiger partial charge in [0.05, 0.1) is 0 Å². The first-order chi connectivity index (χ1) is 2.56. The fourth-order valence-corrected chi connectivity index (χ4v) is 0. The number of rotatable bonds is 1. The van der Waals surface area contributed by atoms with Gasteiger partial charge in [0.15, 0.2) is 8.32 Å². The first-order valence-corrected chi connectivity index (χ1v) is 5.52. The Labute approximate surface area is 50.2 Å². The van der Waals surface area contributed by atoms with E-state index in [0.29, 0.717) is 0 Å². The predicted molar refractivity (Wildman–Crippen MR) is 41.5 cm³/mol. The minimum atomic E-state index is -1.13. The van der Waals surface area contributed by atoms with Crippen LogP contribution in [0.2, 0.25) is 19.6 Å². The van der Waals surface area contributed by atoms with Gasteiger partial charge < -0.3 is 4.43 Å². The van der Waals surface area contributed by atoms with E-state index < -0.39 is 8.32 Å². The molecule has 0 fully saturated rings. The number of hydrogen-bond acceptors (Lipinski definition) is 1. The van der Waals surface area contributed by atoms with Crippen molar-refractivity contribution in [2.45, 2.75) is 19.6 Å². The third-order valence-electron chi connectivity index (χ3n) is 0.612. The lowest BCUT2D eigenvalue weighted by Crippen LogP contribution is -2.22. The third kappa shape index (κ3) is 10.8. The smallest absolute Gasteiger partial charge is 0.183 e. The van der Waals surface area contributed by atoms with Crippen molar-refractivity contribution in [1.29, 1.82) is 0 Å². The second kappa shape index (κ2) is 3.59.